The van der Waals surface area contributed by atoms with E-state index in [1.54, 1.807) is 19.6 Å². The van der Waals surface area contributed by atoms with E-state index >= 15 is 0 Å². The molecule has 0 saturated carbocycles. The third-order valence-corrected chi connectivity index (χ3v) is 3.80. The molecule has 56 valence electrons. The van der Waals surface area contributed by atoms with Crippen LogP contribution in [-0.4, -0.2) is 12.7 Å². The van der Waals surface area contributed by atoms with Crippen LogP contribution in [0.15, 0.2) is 0 Å². The Morgan fingerprint density at radius 1 is 1.11 bits per heavy atom. The van der Waals surface area contributed by atoms with Gasteiger partial charge in [-0.1, -0.05) is 30.9 Å². The molecule has 0 unspecified atom stereocenters. The van der Waals surface area contributed by atoms with Gasteiger partial charge in [-0.05, 0) is 0 Å². The molecular weight excluding hydrogens is 165 g/mol. The number of rotatable bonds is 1. The summed E-state index contributed by atoms with van der Waals surface area (Å²) in [7, 11) is -2.00. The van der Waals surface area contributed by atoms with Crippen LogP contribution >= 0.6 is 11.2 Å². The molecule has 0 rings (SSSR count). The first-order valence-electron chi connectivity index (χ1n) is 2.48. The summed E-state index contributed by atoms with van der Waals surface area (Å²) < 4.78 is 34.6. The Bertz CT molecular complexity index is 81.0. The van der Waals surface area contributed by atoms with Gasteiger partial charge in [-0.25, -0.2) is 0 Å². The highest BCUT2D eigenvalue weighted by Gasteiger charge is 2.35. The molecule has 0 N–H and O–H groups in total. The van der Waals surface area contributed by atoms with Crippen LogP contribution in [0.1, 0.15) is 0 Å². The van der Waals surface area contributed by atoms with Gasteiger partial charge >= 0.3 is 5.51 Å². The summed E-state index contributed by atoms with van der Waals surface area (Å²) in [5, 5.41) is 0. The first-order valence-corrected chi connectivity index (χ1v) is 7.52. The van der Waals surface area contributed by atoms with E-state index in [1.807, 2.05) is 0 Å². The van der Waals surface area contributed by atoms with E-state index < -0.39 is 12.7 Å². The maximum absolute atomic E-state index is 11.5. The molecule has 0 fully saturated rings. The molecule has 0 bridgehead atoms. The molecule has 0 saturated heterocycles. The van der Waals surface area contributed by atoms with Crippen molar-refractivity contribution in [3.05, 3.63) is 0 Å². The molecule has 0 aromatic rings. The van der Waals surface area contributed by atoms with Crippen LogP contribution in [0.4, 0.5) is 13.2 Å². The van der Waals surface area contributed by atoms with Crippen molar-refractivity contribution in [3.63, 3.8) is 0 Å². The summed E-state index contributed by atoms with van der Waals surface area (Å²) in [6.07, 6.45) is 0. The van der Waals surface area contributed by atoms with Gasteiger partial charge in [-0.3, -0.25) is 0 Å². The zero-order valence-electron chi connectivity index (χ0n) is 5.54. The van der Waals surface area contributed by atoms with Crippen LogP contribution in [0.5, 0.6) is 0 Å². The van der Waals surface area contributed by atoms with E-state index in [4.69, 9.17) is 0 Å². The van der Waals surface area contributed by atoms with Crippen LogP contribution in [0.2, 0.25) is 19.6 Å². The molecular formula is C4H9F3SSi. The summed E-state index contributed by atoms with van der Waals surface area (Å²) in [6.45, 7) is 5.02. The van der Waals surface area contributed by atoms with Gasteiger partial charge in [0.1, 0.15) is 7.22 Å². The molecule has 0 aromatic heterocycles. The second-order valence-electron chi connectivity index (χ2n) is 2.66. The quantitative estimate of drug-likeness (QED) is 0.550. The predicted molar refractivity (Wildman–Crippen MR) is 37.0 cm³/mol. The summed E-state index contributed by atoms with van der Waals surface area (Å²) in [4.78, 5) is 0. The Labute approximate surface area is 57.5 Å². The molecule has 0 heterocycles. The van der Waals surface area contributed by atoms with Gasteiger partial charge in [0.2, 0.25) is 0 Å². The molecule has 0 aliphatic rings. The third-order valence-electron chi connectivity index (χ3n) is 0.422. The smallest absolute Gasteiger partial charge is 0.161 e. The van der Waals surface area contributed by atoms with Crippen molar-refractivity contribution in [2.75, 3.05) is 0 Å². The minimum absolute atomic E-state index is 0.153. The minimum Gasteiger partial charge on any atom is -0.161 e. The standard InChI is InChI=1S/C4H9F3SSi/c1-9(2,3)8-4(5,6)7/h1-3H3. The lowest BCUT2D eigenvalue weighted by Crippen LogP contribution is -2.21. The monoisotopic (exact) mass is 174 g/mol. The molecule has 0 aliphatic carbocycles. The van der Waals surface area contributed by atoms with Gasteiger partial charge in [-0.2, -0.15) is 13.2 Å². The molecule has 9 heavy (non-hydrogen) atoms. The van der Waals surface area contributed by atoms with Gasteiger partial charge in [-0.15, -0.1) is 0 Å². The van der Waals surface area contributed by atoms with Crippen LogP contribution in [-0.2, 0) is 0 Å². The fourth-order valence-electron chi connectivity index (χ4n) is 0.347. The van der Waals surface area contributed by atoms with Crippen LogP contribution < -0.4 is 0 Å². The number of halogens is 3. The molecule has 0 aromatic carbocycles. The summed E-state index contributed by atoms with van der Waals surface area (Å²) in [5.74, 6) is 0. The molecule has 0 radical (unpaired) electrons. The average Bonchev–Trinajstić information content (AvgIpc) is 1.14. The lowest BCUT2D eigenvalue weighted by Gasteiger charge is -2.16. The Morgan fingerprint density at radius 2 is 1.44 bits per heavy atom. The van der Waals surface area contributed by atoms with Gasteiger partial charge < -0.3 is 0 Å². The van der Waals surface area contributed by atoms with Gasteiger partial charge in [0.15, 0.2) is 0 Å². The highest BCUT2D eigenvalue weighted by Crippen LogP contribution is 2.37. The Hall–Kier alpha value is 0.357. The maximum Gasteiger partial charge on any atom is 0.436 e. The first kappa shape index (κ1) is 9.36. The van der Waals surface area contributed by atoms with E-state index in [9.17, 15) is 13.2 Å². The largest absolute Gasteiger partial charge is 0.436 e. The normalized spacial score (nSPS) is 14.0. The molecule has 0 spiro atoms. The van der Waals surface area contributed by atoms with Gasteiger partial charge in [0.25, 0.3) is 0 Å². The van der Waals surface area contributed by atoms with Crippen molar-refractivity contribution in [2.24, 2.45) is 0 Å². The predicted octanol–water partition coefficient (Wildman–Crippen LogP) is 3.07. The number of hydrogen-bond acceptors (Lipinski definition) is 1. The van der Waals surface area contributed by atoms with Crippen LogP contribution in [0.3, 0.4) is 0 Å². The summed E-state index contributed by atoms with van der Waals surface area (Å²) in [5.41, 5.74) is -4.04. The highest BCUT2D eigenvalue weighted by atomic mass is 32.4. The molecule has 0 atom stereocenters. The zero-order valence-corrected chi connectivity index (χ0v) is 7.36. The molecule has 5 heteroatoms. The summed E-state index contributed by atoms with van der Waals surface area (Å²) in [6, 6.07) is 0. The average molecular weight is 174 g/mol. The van der Waals surface area contributed by atoms with Gasteiger partial charge in [0, 0.05) is 0 Å². The van der Waals surface area contributed by atoms with Crippen molar-refractivity contribution in [2.45, 2.75) is 25.1 Å². The maximum atomic E-state index is 11.5. The van der Waals surface area contributed by atoms with Crippen molar-refractivity contribution in [1.29, 1.82) is 0 Å². The Morgan fingerprint density at radius 3 is 1.44 bits per heavy atom. The van der Waals surface area contributed by atoms with Crippen LogP contribution in [0.25, 0.3) is 0 Å². The van der Waals surface area contributed by atoms with Crippen molar-refractivity contribution in [3.8, 4) is 0 Å². The fourth-order valence-corrected chi connectivity index (χ4v) is 3.12. The first-order chi connectivity index (χ1) is 3.71. The highest BCUT2D eigenvalue weighted by molar-refractivity contribution is 8.29. The minimum atomic E-state index is -4.04. The number of hydrogen-bond donors (Lipinski definition) is 0. The van der Waals surface area contributed by atoms with E-state index in [0.717, 1.165) is 0 Å². The van der Waals surface area contributed by atoms with Crippen LogP contribution in [0, 0.1) is 0 Å². The van der Waals surface area contributed by atoms with E-state index in [0.29, 0.717) is 0 Å². The number of alkyl halides is 3. The van der Waals surface area contributed by atoms with Crippen molar-refractivity contribution < 1.29 is 13.2 Å². The van der Waals surface area contributed by atoms with E-state index in [2.05, 4.69) is 0 Å². The Kier molecular flexibility index (Phi) is 2.64. The summed E-state index contributed by atoms with van der Waals surface area (Å²) >= 11 is 0.153. The van der Waals surface area contributed by atoms with E-state index in [1.165, 1.54) is 0 Å². The van der Waals surface area contributed by atoms with Crippen molar-refractivity contribution in [1.82, 2.24) is 0 Å². The lowest BCUT2D eigenvalue weighted by molar-refractivity contribution is -0.0315. The van der Waals surface area contributed by atoms with Gasteiger partial charge in [0.05, 0.1) is 0 Å². The lowest BCUT2D eigenvalue weighted by atomic mass is 11.6. The molecule has 0 aliphatic heterocycles. The zero-order chi connectivity index (χ0) is 7.71. The third kappa shape index (κ3) is 8.36. The van der Waals surface area contributed by atoms with Crippen molar-refractivity contribution >= 4 is 18.4 Å². The molecule has 0 amide bonds. The Balaban J connectivity index is 3.75. The second-order valence-corrected chi connectivity index (χ2v) is 11.8. The molecule has 0 nitrogen and oxygen atoms in total. The topological polar surface area (TPSA) is 0 Å². The van der Waals surface area contributed by atoms with E-state index in [-0.39, 0.29) is 11.2 Å². The fraction of sp³-hybridized carbons (Fsp3) is 1.00. The second kappa shape index (κ2) is 2.54. The SMILES string of the molecule is C[Si](C)(C)SC(F)(F)F.